The van der Waals surface area contributed by atoms with Crippen LogP contribution in [0.25, 0.3) is 10.2 Å². The van der Waals surface area contributed by atoms with E-state index < -0.39 is 0 Å². The molecule has 1 saturated heterocycles. The normalized spacial score (nSPS) is 18.6. The zero-order chi connectivity index (χ0) is 17.3. The van der Waals surface area contributed by atoms with Crippen LogP contribution in [0.4, 0.5) is 0 Å². The number of thiophene rings is 1. The van der Waals surface area contributed by atoms with Gasteiger partial charge in [0.2, 0.25) is 0 Å². The third-order valence-corrected chi connectivity index (χ3v) is 6.68. The van der Waals surface area contributed by atoms with Crippen LogP contribution in [0.5, 0.6) is 0 Å². The molecule has 1 aliphatic heterocycles. The van der Waals surface area contributed by atoms with Crippen LogP contribution in [0.15, 0.2) is 9.95 Å². The first-order chi connectivity index (χ1) is 11.5. The fourth-order valence-corrected chi connectivity index (χ4v) is 5.20. The van der Waals surface area contributed by atoms with Crippen LogP contribution in [0, 0.1) is 19.8 Å². The van der Waals surface area contributed by atoms with E-state index in [4.69, 9.17) is 9.72 Å². The Balaban J connectivity index is 1.96. The van der Waals surface area contributed by atoms with Gasteiger partial charge in [0, 0.05) is 23.8 Å². The predicted molar refractivity (Wildman–Crippen MR) is 103 cm³/mol. The van der Waals surface area contributed by atoms with E-state index in [9.17, 15) is 4.79 Å². The van der Waals surface area contributed by atoms with Crippen molar-refractivity contribution in [3.8, 4) is 0 Å². The Labute approximate surface area is 151 Å². The van der Waals surface area contributed by atoms with Crippen molar-refractivity contribution in [3.63, 3.8) is 0 Å². The predicted octanol–water partition coefficient (Wildman–Crippen LogP) is 4.39. The SMILES string of the molecule is Cc1sc2nc(SC[C@H]3CCCCO3)n(CC(C)C)c(=O)c2c1C. The molecule has 3 heterocycles. The van der Waals surface area contributed by atoms with E-state index in [1.165, 1.54) is 11.3 Å². The van der Waals surface area contributed by atoms with Crippen LogP contribution in [-0.2, 0) is 11.3 Å². The molecule has 0 N–H and O–H groups in total. The number of nitrogens with zero attached hydrogens (tertiary/aromatic N) is 2. The summed E-state index contributed by atoms with van der Waals surface area (Å²) in [4.78, 5) is 20.0. The van der Waals surface area contributed by atoms with Gasteiger partial charge in [-0.1, -0.05) is 25.6 Å². The molecule has 0 bridgehead atoms. The van der Waals surface area contributed by atoms with Gasteiger partial charge < -0.3 is 4.74 Å². The summed E-state index contributed by atoms with van der Waals surface area (Å²) in [5.41, 5.74) is 1.19. The Morgan fingerprint density at radius 2 is 2.17 bits per heavy atom. The molecule has 132 valence electrons. The van der Waals surface area contributed by atoms with Gasteiger partial charge in [-0.05, 0) is 44.6 Å². The lowest BCUT2D eigenvalue weighted by molar-refractivity contribution is 0.0315. The maximum atomic E-state index is 13.1. The van der Waals surface area contributed by atoms with Crippen LogP contribution in [0.3, 0.4) is 0 Å². The largest absolute Gasteiger partial charge is 0.377 e. The minimum absolute atomic E-state index is 0.114. The Morgan fingerprint density at radius 3 is 2.83 bits per heavy atom. The van der Waals surface area contributed by atoms with Crippen LogP contribution in [0.1, 0.15) is 43.6 Å². The monoisotopic (exact) mass is 366 g/mol. The van der Waals surface area contributed by atoms with E-state index in [0.29, 0.717) is 12.5 Å². The molecule has 2 aromatic heterocycles. The van der Waals surface area contributed by atoms with Crippen molar-refractivity contribution in [2.75, 3.05) is 12.4 Å². The maximum Gasteiger partial charge on any atom is 0.263 e. The van der Waals surface area contributed by atoms with E-state index in [0.717, 1.165) is 46.1 Å². The van der Waals surface area contributed by atoms with E-state index in [2.05, 4.69) is 20.8 Å². The van der Waals surface area contributed by atoms with E-state index in [1.54, 1.807) is 23.1 Å². The van der Waals surface area contributed by atoms with Gasteiger partial charge >= 0.3 is 0 Å². The molecule has 0 unspecified atom stereocenters. The highest BCUT2D eigenvalue weighted by molar-refractivity contribution is 7.99. The van der Waals surface area contributed by atoms with Crippen molar-refractivity contribution in [3.05, 3.63) is 20.8 Å². The van der Waals surface area contributed by atoms with E-state index >= 15 is 0 Å². The van der Waals surface area contributed by atoms with Gasteiger partial charge in [0.25, 0.3) is 5.56 Å². The number of hydrogen-bond acceptors (Lipinski definition) is 5. The molecule has 1 aliphatic rings. The Bertz CT molecular complexity index is 773. The van der Waals surface area contributed by atoms with Crippen LogP contribution < -0.4 is 5.56 Å². The molecule has 6 heteroatoms. The summed E-state index contributed by atoms with van der Waals surface area (Å²) < 4.78 is 7.70. The first-order valence-electron chi connectivity index (χ1n) is 8.72. The van der Waals surface area contributed by atoms with Crippen molar-refractivity contribution >= 4 is 33.3 Å². The minimum Gasteiger partial charge on any atom is -0.377 e. The Morgan fingerprint density at radius 1 is 1.38 bits per heavy atom. The Kier molecular flexibility index (Phi) is 5.67. The van der Waals surface area contributed by atoms with Crippen molar-refractivity contribution < 1.29 is 4.74 Å². The topological polar surface area (TPSA) is 44.1 Å². The Hall–Kier alpha value is -0.850. The summed E-state index contributed by atoms with van der Waals surface area (Å²) in [5.74, 6) is 1.28. The molecular formula is C18H26N2O2S2. The van der Waals surface area contributed by atoms with Crippen molar-refractivity contribution in [2.45, 2.75) is 64.8 Å². The number of aromatic nitrogens is 2. The second-order valence-corrected chi connectivity index (χ2v) is 9.16. The van der Waals surface area contributed by atoms with E-state index in [1.807, 2.05) is 11.5 Å². The second-order valence-electron chi connectivity index (χ2n) is 6.97. The lowest BCUT2D eigenvalue weighted by Gasteiger charge is -2.22. The lowest BCUT2D eigenvalue weighted by Crippen LogP contribution is -2.27. The fraction of sp³-hybridized carbons (Fsp3) is 0.667. The zero-order valence-corrected chi connectivity index (χ0v) is 16.6. The summed E-state index contributed by atoms with van der Waals surface area (Å²) in [7, 11) is 0. The molecule has 4 nitrogen and oxygen atoms in total. The number of fused-ring (bicyclic) bond motifs is 1. The van der Waals surface area contributed by atoms with Gasteiger partial charge in [0.1, 0.15) is 4.83 Å². The standard InChI is InChI=1S/C18H26N2O2S2/c1-11(2)9-20-17(21)15-12(3)13(4)24-16(15)19-18(20)23-10-14-7-5-6-8-22-14/h11,14H,5-10H2,1-4H3/t14-/m1/s1. The molecule has 0 spiro atoms. The van der Waals surface area contributed by atoms with Crippen LogP contribution >= 0.6 is 23.1 Å². The first-order valence-corrected chi connectivity index (χ1v) is 10.5. The highest BCUT2D eigenvalue weighted by Gasteiger charge is 2.20. The van der Waals surface area contributed by atoms with Gasteiger partial charge in [-0.25, -0.2) is 4.98 Å². The highest BCUT2D eigenvalue weighted by Crippen LogP contribution is 2.29. The average molecular weight is 367 g/mol. The molecule has 0 radical (unpaired) electrons. The highest BCUT2D eigenvalue weighted by atomic mass is 32.2. The summed E-state index contributed by atoms with van der Waals surface area (Å²) >= 11 is 3.30. The van der Waals surface area contributed by atoms with Gasteiger partial charge in [0.05, 0.1) is 11.5 Å². The first kappa shape index (κ1) is 18.0. The minimum atomic E-state index is 0.114. The van der Waals surface area contributed by atoms with Gasteiger partial charge in [-0.15, -0.1) is 11.3 Å². The van der Waals surface area contributed by atoms with Gasteiger partial charge in [0.15, 0.2) is 5.16 Å². The third-order valence-electron chi connectivity index (χ3n) is 4.47. The molecule has 1 fully saturated rings. The van der Waals surface area contributed by atoms with Crippen LogP contribution in [0.2, 0.25) is 0 Å². The summed E-state index contributed by atoms with van der Waals surface area (Å²) in [6.45, 7) is 9.95. The van der Waals surface area contributed by atoms with Crippen molar-refractivity contribution in [1.82, 2.24) is 9.55 Å². The smallest absolute Gasteiger partial charge is 0.263 e. The number of aryl methyl sites for hydroxylation is 2. The quantitative estimate of drug-likeness (QED) is 0.581. The van der Waals surface area contributed by atoms with E-state index in [-0.39, 0.29) is 11.7 Å². The lowest BCUT2D eigenvalue weighted by atomic mass is 10.1. The van der Waals surface area contributed by atoms with Crippen molar-refractivity contribution in [1.29, 1.82) is 0 Å². The maximum absolute atomic E-state index is 13.1. The zero-order valence-electron chi connectivity index (χ0n) is 14.9. The molecule has 0 aromatic carbocycles. The average Bonchev–Trinajstić information content (AvgIpc) is 2.84. The molecule has 3 rings (SSSR count). The number of ether oxygens (including phenoxy) is 1. The summed E-state index contributed by atoms with van der Waals surface area (Å²) in [5, 5.41) is 1.65. The summed E-state index contributed by atoms with van der Waals surface area (Å²) in [6, 6.07) is 0. The second kappa shape index (κ2) is 7.58. The number of thioether (sulfide) groups is 1. The number of rotatable bonds is 5. The van der Waals surface area contributed by atoms with Gasteiger partial charge in [-0.3, -0.25) is 9.36 Å². The van der Waals surface area contributed by atoms with Gasteiger partial charge in [-0.2, -0.15) is 0 Å². The third kappa shape index (κ3) is 3.70. The summed E-state index contributed by atoms with van der Waals surface area (Å²) in [6.07, 6.45) is 3.80. The molecule has 2 aromatic rings. The van der Waals surface area contributed by atoms with Crippen molar-refractivity contribution in [2.24, 2.45) is 5.92 Å². The molecule has 0 aliphatic carbocycles. The molecule has 0 saturated carbocycles. The molecule has 24 heavy (non-hydrogen) atoms. The molecule has 0 amide bonds. The fourth-order valence-electron chi connectivity index (χ4n) is 3.05. The van der Waals surface area contributed by atoms with Crippen LogP contribution in [-0.4, -0.2) is 28.0 Å². The molecular weight excluding hydrogens is 340 g/mol. The molecule has 1 atom stereocenters. The number of hydrogen-bond donors (Lipinski definition) is 0.